The summed E-state index contributed by atoms with van der Waals surface area (Å²) in [5.74, 6) is 2.00. The van der Waals surface area contributed by atoms with Crippen LogP contribution in [-0.4, -0.2) is 12.6 Å². The molecule has 0 amide bonds. The highest BCUT2D eigenvalue weighted by atomic mass is 16.5. The summed E-state index contributed by atoms with van der Waals surface area (Å²) in [6, 6.07) is 6.54. The molecule has 102 valence electrons. The number of nitrogens with two attached hydrogens (primary N) is 1. The Morgan fingerprint density at radius 1 is 1.22 bits per heavy atom. The molecule has 1 aromatic rings. The minimum absolute atomic E-state index is 0.108. The first kappa shape index (κ1) is 15.0. The number of hydrogen-bond acceptors (Lipinski definition) is 2. The number of rotatable bonds is 6. The van der Waals surface area contributed by atoms with Gasteiger partial charge in [-0.05, 0) is 36.0 Å². The van der Waals surface area contributed by atoms with E-state index < -0.39 is 0 Å². The van der Waals surface area contributed by atoms with E-state index in [9.17, 15) is 0 Å². The molecule has 18 heavy (non-hydrogen) atoms. The smallest absolute Gasteiger partial charge is 0.122 e. The minimum Gasteiger partial charge on any atom is -0.492 e. The van der Waals surface area contributed by atoms with Crippen molar-refractivity contribution in [1.82, 2.24) is 0 Å². The van der Waals surface area contributed by atoms with Crippen LogP contribution in [-0.2, 0) is 0 Å². The molecule has 0 saturated carbocycles. The van der Waals surface area contributed by atoms with Crippen LogP contribution in [0, 0.1) is 12.8 Å². The molecule has 0 aliphatic carbocycles. The van der Waals surface area contributed by atoms with Crippen LogP contribution in [0.3, 0.4) is 0 Å². The van der Waals surface area contributed by atoms with Crippen molar-refractivity contribution >= 4 is 0 Å². The lowest BCUT2D eigenvalue weighted by molar-refractivity contribution is 0.249. The average molecular weight is 249 g/mol. The van der Waals surface area contributed by atoms with Crippen molar-refractivity contribution in [3.63, 3.8) is 0 Å². The molecule has 0 fully saturated rings. The van der Waals surface area contributed by atoms with E-state index in [1.807, 2.05) is 0 Å². The first-order valence-electron chi connectivity index (χ1n) is 6.94. The molecule has 0 saturated heterocycles. The molecule has 0 heterocycles. The number of aryl methyl sites for hydroxylation is 1. The Kier molecular flexibility index (Phi) is 5.67. The van der Waals surface area contributed by atoms with Gasteiger partial charge in [-0.15, -0.1) is 0 Å². The highest BCUT2D eigenvalue weighted by Crippen LogP contribution is 2.24. The summed E-state index contributed by atoms with van der Waals surface area (Å²) >= 11 is 0. The maximum absolute atomic E-state index is 6.10. The van der Waals surface area contributed by atoms with E-state index >= 15 is 0 Å². The SMILES string of the molecule is CCC(C)C(N)COc1cc(C(C)C)ccc1C. The zero-order valence-corrected chi connectivity index (χ0v) is 12.4. The van der Waals surface area contributed by atoms with Gasteiger partial charge < -0.3 is 10.5 Å². The highest BCUT2D eigenvalue weighted by molar-refractivity contribution is 5.37. The van der Waals surface area contributed by atoms with Crippen LogP contribution >= 0.6 is 0 Å². The Morgan fingerprint density at radius 3 is 2.44 bits per heavy atom. The maximum Gasteiger partial charge on any atom is 0.122 e. The molecule has 1 aromatic carbocycles. The van der Waals surface area contributed by atoms with Crippen molar-refractivity contribution in [3.8, 4) is 5.75 Å². The van der Waals surface area contributed by atoms with E-state index in [4.69, 9.17) is 10.5 Å². The van der Waals surface area contributed by atoms with Crippen molar-refractivity contribution in [2.75, 3.05) is 6.61 Å². The quantitative estimate of drug-likeness (QED) is 0.830. The molecular weight excluding hydrogens is 222 g/mol. The van der Waals surface area contributed by atoms with Crippen molar-refractivity contribution in [2.45, 2.75) is 53.0 Å². The highest BCUT2D eigenvalue weighted by Gasteiger charge is 2.12. The number of hydrogen-bond donors (Lipinski definition) is 1. The summed E-state index contributed by atoms with van der Waals surface area (Å²) < 4.78 is 5.89. The molecule has 0 aliphatic heterocycles. The van der Waals surface area contributed by atoms with Gasteiger partial charge >= 0.3 is 0 Å². The Labute approximate surface area is 112 Å². The van der Waals surface area contributed by atoms with Crippen molar-refractivity contribution in [2.24, 2.45) is 11.7 Å². The summed E-state index contributed by atoms with van der Waals surface area (Å²) in [6.07, 6.45) is 1.09. The summed E-state index contributed by atoms with van der Waals surface area (Å²) in [7, 11) is 0. The predicted octanol–water partition coefficient (Wildman–Crippen LogP) is 3.87. The van der Waals surface area contributed by atoms with E-state index in [0.29, 0.717) is 18.4 Å². The molecule has 0 aliphatic rings. The standard InChI is InChI=1S/C16H27NO/c1-6-12(4)15(17)10-18-16-9-14(11(2)3)8-7-13(16)5/h7-9,11-12,15H,6,10,17H2,1-5H3. The fourth-order valence-electron chi connectivity index (χ4n) is 1.78. The predicted molar refractivity (Wildman–Crippen MR) is 78.2 cm³/mol. The van der Waals surface area contributed by atoms with Gasteiger partial charge in [-0.2, -0.15) is 0 Å². The summed E-state index contributed by atoms with van der Waals surface area (Å²) in [5, 5.41) is 0. The average Bonchev–Trinajstić information content (AvgIpc) is 2.36. The van der Waals surface area contributed by atoms with Crippen molar-refractivity contribution in [3.05, 3.63) is 29.3 Å². The zero-order valence-electron chi connectivity index (χ0n) is 12.4. The van der Waals surface area contributed by atoms with E-state index in [1.54, 1.807) is 0 Å². The van der Waals surface area contributed by atoms with E-state index in [-0.39, 0.29) is 6.04 Å². The first-order valence-corrected chi connectivity index (χ1v) is 6.94. The lowest BCUT2D eigenvalue weighted by Crippen LogP contribution is -2.34. The summed E-state index contributed by atoms with van der Waals surface area (Å²) in [4.78, 5) is 0. The topological polar surface area (TPSA) is 35.2 Å². The van der Waals surface area contributed by atoms with Crippen LogP contribution in [0.15, 0.2) is 18.2 Å². The van der Waals surface area contributed by atoms with Gasteiger partial charge in [-0.1, -0.05) is 46.2 Å². The molecule has 2 atom stereocenters. The second-order valence-electron chi connectivity index (χ2n) is 5.54. The van der Waals surface area contributed by atoms with Gasteiger partial charge in [0, 0.05) is 6.04 Å². The maximum atomic E-state index is 6.10. The molecule has 2 nitrogen and oxygen atoms in total. The van der Waals surface area contributed by atoms with Crippen molar-refractivity contribution in [1.29, 1.82) is 0 Å². The monoisotopic (exact) mass is 249 g/mol. The largest absolute Gasteiger partial charge is 0.492 e. The Hall–Kier alpha value is -1.02. The summed E-state index contributed by atoms with van der Waals surface area (Å²) in [6.45, 7) is 11.4. The van der Waals surface area contributed by atoms with Gasteiger partial charge in [0.2, 0.25) is 0 Å². The van der Waals surface area contributed by atoms with E-state index in [2.05, 4.69) is 52.8 Å². The Morgan fingerprint density at radius 2 is 1.89 bits per heavy atom. The van der Waals surface area contributed by atoms with Gasteiger partial charge in [0.05, 0.1) is 0 Å². The van der Waals surface area contributed by atoms with Gasteiger partial charge in [0.25, 0.3) is 0 Å². The van der Waals surface area contributed by atoms with Crippen LogP contribution < -0.4 is 10.5 Å². The second-order valence-corrected chi connectivity index (χ2v) is 5.54. The molecule has 2 N–H and O–H groups in total. The second kappa shape index (κ2) is 6.79. The molecule has 0 radical (unpaired) electrons. The minimum atomic E-state index is 0.108. The lowest BCUT2D eigenvalue weighted by Gasteiger charge is -2.20. The lowest BCUT2D eigenvalue weighted by atomic mass is 10.0. The third-order valence-corrected chi connectivity index (χ3v) is 3.69. The molecule has 2 unspecified atom stereocenters. The zero-order chi connectivity index (χ0) is 13.7. The summed E-state index contributed by atoms with van der Waals surface area (Å²) in [5.41, 5.74) is 8.59. The van der Waals surface area contributed by atoms with Crippen molar-refractivity contribution < 1.29 is 4.74 Å². The van der Waals surface area contributed by atoms with Gasteiger partial charge in [0.15, 0.2) is 0 Å². The van der Waals surface area contributed by atoms with Crippen LogP contribution in [0.5, 0.6) is 5.75 Å². The van der Waals surface area contributed by atoms with E-state index in [0.717, 1.165) is 12.2 Å². The third-order valence-electron chi connectivity index (χ3n) is 3.69. The molecule has 0 spiro atoms. The number of ether oxygens (including phenoxy) is 1. The molecule has 0 aromatic heterocycles. The fraction of sp³-hybridized carbons (Fsp3) is 0.625. The van der Waals surface area contributed by atoms with Gasteiger partial charge in [-0.3, -0.25) is 0 Å². The molecular formula is C16H27NO. The van der Waals surface area contributed by atoms with Gasteiger partial charge in [-0.25, -0.2) is 0 Å². The van der Waals surface area contributed by atoms with Gasteiger partial charge in [0.1, 0.15) is 12.4 Å². The molecule has 0 bridgehead atoms. The third kappa shape index (κ3) is 4.02. The Bertz CT molecular complexity index is 373. The molecule has 1 rings (SSSR count). The van der Waals surface area contributed by atoms with Crippen LogP contribution in [0.2, 0.25) is 0 Å². The Balaban J connectivity index is 2.69. The molecule has 2 heteroatoms. The number of benzene rings is 1. The van der Waals surface area contributed by atoms with Crippen LogP contribution in [0.4, 0.5) is 0 Å². The van der Waals surface area contributed by atoms with Crippen LogP contribution in [0.1, 0.15) is 51.2 Å². The first-order chi connectivity index (χ1) is 8.45. The normalized spacial score (nSPS) is 14.6. The fourth-order valence-corrected chi connectivity index (χ4v) is 1.78. The van der Waals surface area contributed by atoms with Crippen LogP contribution in [0.25, 0.3) is 0 Å². The van der Waals surface area contributed by atoms with E-state index in [1.165, 1.54) is 11.1 Å².